The molecule has 0 saturated heterocycles. The van der Waals surface area contributed by atoms with Crippen LogP contribution >= 0.6 is 0 Å². The smallest absolute Gasteiger partial charge is 0.161 e. The van der Waals surface area contributed by atoms with E-state index in [0.717, 1.165) is 43.9 Å². The number of fused-ring (bicyclic) bond motifs is 1. The van der Waals surface area contributed by atoms with E-state index < -0.39 is 0 Å². The first-order valence-electron chi connectivity index (χ1n) is 7.63. The molecule has 3 nitrogen and oxygen atoms in total. The van der Waals surface area contributed by atoms with Crippen molar-refractivity contribution in [3.8, 4) is 0 Å². The number of rotatable bonds is 6. The Morgan fingerprint density at radius 2 is 2.00 bits per heavy atom. The second-order valence-corrected chi connectivity index (χ2v) is 6.53. The Kier molecular flexibility index (Phi) is 4.05. The van der Waals surface area contributed by atoms with Gasteiger partial charge in [-0.1, -0.05) is 27.7 Å². The summed E-state index contributed by atoms with van der Waals surface area (Å²) < 4.78 is 0. The normalized spacial score (nSPS) is 30.5. The lowest BCUT2D eigenvalue weighted by Crippen LogP contribution is -2.32. The Hall–Kier alpha value is -0.830. The number of hydrogen-bond acceptors (Lipinski definition) is 3. The third-order valence-electron chi connectivity index (χ3n) is 5.18. The molecule has 3 heteroatoms. The van der Waals surface area contributed by atoms with Gasteiger partial charge in [-0.15, -0.1) is 0 Å². The zero-order valence-electron chi connectivity index (χ0n) is 13.0. The average molecular weight is 264 g/mol. The lowest BCUT2D eigenvalue weighted by molar-refractivity contribution is -0.115. The van der Waals surface area contributed by atoms with Gasteiger partial charge < -0.3 is 10.2 Å². The summed E-state index contributed by atoms with van der Waals surface area (Å²) >= 11 is 0. The molecule has 0 aromatic carbocycles. The SMILES string of the molecule is CCN(CC)CCNC(C)=C1C(=O)CC2C1C2(C)C. The molecule has 0 radical (unpaired) electrons. The van der Waals surface area contributed by atoms with Gasteiger partial charge in [-0.05, 0) is 37.3 Å². The standard InChI is InChI=1S/C16H28N2O/c1-6-18(7-2)9-8-17-11(3)14-13(19)10-12-15(14)16(12,4)5/h12,15,17H,6-10H2,1-5H3. The van der Waals surface area contributed by atoms with E-state index in [-0.39, 0.29) is 0 Å². The predicted molar refractivity (Wildman–Crippen MR) is 78.9 cm³/mol. The number of carbonyl (C=O) groups excluding carboxylic acids is 1. The first-order valence-corrected chi connectivity index (χ1v) is 7.63. The van der Waals surface area contributed by atoms with Crippen LogP contribution in [0.3, 0.4) is 0 Å². The number of allylic oxidation sites excluding steroid dienone is 2. The maximum Gasteiger partial charge on any atom is 0.161 e. The number of nitrogens with one attached hydrogen (secondary N) is 1. The molecule has 0 spiro atoms. The maximum absolute atomic E-state index is 12.0. The Labute approximate surface area is 117 Å². The molecular formula is C16H28N2O. The Morgan fingerprint density at radius 1 is 1.37 bits per heavy atom. The van der Waals surface area contributed by atoms with E-state index in [1.165, 1.54) is 0 Å². The van der Waals surface area contributed by atoms with Crippen molar-refractivity contribution in [2.75, 3.05) is 26.2 Å². The topological polar surface area (TPSA) is 32.3 Å². The zero-order chi connectivity index (χ0) is 14.2. The molecule has 0 heterocycles. The summed E-state index contributed by atoms with van der Waals surface area (Å²) in [6.45, 7) is 15.2. The van der Waals surface area contributed by atoms with Crippen molar-refractivity contribution in [3.05, 3.63) is 11.3 Å². The summed E-state index contributed by atoms with van der Waals surface area (Å²) in [4.78, 5) is 14.4. The van der Waals surface area contributed by atoms with Gasteiger partial charge in [-0.3, -0.25) is 4.79 Å². The number of nitrogens with zero attached hydrogens (tertiary/aromatic N) is 1. The molecule has 0 amide bonds. The van der Waals surface area contributed by atoms with Crippen LogP contribution in [0.15, 0.2) is 11.3 Å². The number of ketones is 1. The van der Waals surface area contributed by atoms with Crippen LogP contribution in [0.1, 0.15) is 41.0 Å². The van der Waals surface area contributed by atoms with E-state index in [4.69, 9.17) is 0 Å². The lowest BCUT2D eigenvalue weighted by Gasteiger charge is -2.20. The molecule has 2 rings (SSSR count). The lowest BCUT2D eigenvalue weighted by atomic mass is 9.95. The van der Waals surface area contributed by atoms with Gasteiger partial charge in [-0.2, -0.15) is 0 Å². The predicted octanol–water partition coefficient (Wildman–Crippen LogP) is 2.44. The van der Waals surface area contributed by atoms with Crippen molar-refractivity contribution in [2.24, 2.45) is 17.3 Å². The van der Waals surface area contributed by atoms with Crippen molar-refractivity contribution >= 4 is 5.78 Å². The van der Waals surface area contributed by atoms with Crippen LogP contribution in [0.2, 0.25) is 0 Å². The minimum Gasteiger partial charge on any atom is -0.387 e. The highest BCUT2D eigenvalue weighted by atomic mass is 16.1. The summed E-state index contributed by atoms with van der Waals surface area (Å²) in [6.07, 6.45) is 0.766. The number of Topliss-reactive ketones (excluding diaryl/α,β-unsaturated/α-hetero) is 1. The van der Waals surface area contributed by atoms with Crippen LogP contribution in [0.4, 0.5) is 0 Å². The molecule has 19 heavy (non-hydrogen) atoms. The summed E-state index contributed by atoms with van der Waals surface area (Å²) in [5.74, 6) is 1.50. The molecule has 2 aliphatic carbocycles. The van der Waals surface area contributed by atoms with Gasteiger partial charge in [0.15, 0.2) is 5.78 Å². The van der Waals surface area contributed by atoms with Gasteiger partial charge in [0, 0.05) is 30.8 Å². The van der Waals surface area contributed by atoms with E-state index in [0.29, 0.717) is 23.0 Å². The Bertz CT molecular complexity index is 394. The first-order chi connectivity index (χ1) is 8.93. The third-order valence-corrected chi connectivity index (χ3v) is 5.18. The van der Waals surface area contributed by atoms with Gasteiger partial charge >= 0.3 is 0 Å². The van der Waals surface area contributed by atoms with Crippen molar-refractivity contribution in [1.29, 1.82) is 0 Å². The third kappa shape index (κ3) is 2.58. The Morgan fingerprint density at radius 3 is 2.53 bits per heavy atom. The number of hydrogen-bond donors (Lipinski definition) is 1. The molecule has 0 aliphatic heterocycles. The quantitative estimate of drug-likeness (QED) is 0.748. The highest BCUT2D eigenvalue weighted by Crippen LogP contribution is 2.68. The molecule has 0 aromatic rings. The number of carbonyl (C=O) groups is 1. The van der Waals surface area contributed by atoms with E-state index in [1.54, 1.807) is 0 Å². The summed E-state index contributed by atoms with van der Waals surface area (Å²) in [5, 5.41) is 3.47. The van der Waals surface area contributed by atoms with Crippen molar-refractivity contribution in [1.82, 2.24) is 10.2 Å². The van der Waals surface area contributed by atoms with Crippen molar-refractivity contribution in [2.45, 2.75) is 41.0 Å². The molecule has 2 fully saturated rings. The van der Waals surface area contributed by atoms with Gasteiger partial charge in [0.2, 0.25) is 0 Å². The highest BCUT2D eigenvalue weighted by molar-refractivity contribution is 6.01. The van der Waals surface area contributed by atoms with Gasteiger partial charge in [0.1, 0.15) is 0 Å². The zero-order valence-corrected chi connectivity index (χ0v) is 13.0. The van der Waals surface area contributed by atoms with E-state index >= 15 is 0 Å². The van der Waals surface area contributed by atoms with Crippen LogP contribution in [0, 0.1) is 17.3 Å². The minimum atomic E-state index is 0.352. The fourth-order valence-electron chi connectivity index (χ4n) is 3.66. The molecule has 1 N–H and O–H groups in total. The van der Waals surface area contributed by atoms with Crippen LogP contribution in [-0.2, 0) is 4.79 Å². The van der Waals surface area contributed by atoms with Crippen molar-refractivity contribution in [3.63, 3.8) is 0 Å². The number of likely N-dealkylation sites (N-methyl/N-ethyl adjacent to an activating group) is 1. The monoisotopic (exact) mass is 264 g/mol. The van der Waals surface area contributed by atoms with Crippen LogP contribution in [-0.4, -0.2) is 36.9 Å². The van der Waals surface area contributed by atoms with Crippen LogP contribution in [0.25, 0.3) is 0 Å². The minimum absolute atomic E-state index is 0.352. The Balaban J connectivity index is 1.93. The molecule has 2 atom stereocenters. The second kappa shape index (κ2) is 5.28. The molecule has 2 unspecified atom stereocenters. The molecule has 2 saturated carbocycles. The fourth-order valence-corrected chi connectivity index (χ4v) is 3.66. The van der Waals surface area contributed by atoms with Crippen LogP contribution < -0.4 is 5.32 Å². The summed E-state index contributed by atoms with van der Waals surface area (Å²) in [5.41, 5.74) is 2.56. The van der Waals surface area contributed by atoms with E-state index in [9.17, 15) is 4.79 Å². The first kappa shape index (κ1) is 14.6. The van der Waals surface area contributed by atoms with E-state index in [2.05, 4.69) is 44.8 Å². The van der Waals surface area contributed by atoms with Gasteiger partial charge in [-0.25, -0.2) is 0 Å². The summed E-state index contributed by atoms with van der Waals surface area (Å²) in [6, 6.07) is 0. The van der Waals surface area contributed by atoms with Gasteiger partial charge in [0.25, 0.3) is 0 Å². The second-order valence-electron chi connectivity index (χ2n) is 6.53. The van der Waals surface area contributed by atoms with Crippen molar-refractivity contribution < 1.29 is 4.79 Å². The highest BCUT2D eigenvalue weighted by Gasteiger charge is 2.65. The van der Waals surface area contributed by atoms with Gasteiger partial charge in [0.05, 0.1) is 0 Å². The fraction of sp³-hybridized carbons (Fsp3) is 0.812. The molecule has 0 aromatic heterocycles. The maximum atomic E-state index is 12.0. The molecule has 108 valence electrons. The molecule has 0 bridgehead atoms. The van der Waals surface area contributed by atoms with Crippen LogP contribution in [0.5, 0.6) is 0 Å². The molecular weight excluding hydrogens is 236 g/mol. The van der Waals surface area contributed by atoms with E-state index in [1.807, 2.05) is 0 Å². The molecule has 2 aliphatic rings. The largest absolute Gasteiger partial charge is 0.387 e. The average Bonchev–Trinajstić information content (AvgIpc) is 2.74. The summed E-state index contributed by atoms with van der Waals surface area (Å²) in [7, 11) is 0.